The van der Waals surface area contributed by atoms with Crippen molar-refractivity contribution < 1.29 is 29.2 Å². The quantitative estimate of drug-likeness (QED) is 0.395. The van der Waals surface area contributed by atoms with Gasteiger partial charge in [-0.1, -0.05) is 26.0 Å². The molecule has 3 aliphatic heterocycles. The van der Waals surface area contributed by atoms with E-state index < -0.39 is 23.4 Å². The molecule has 3 aliphatic rings. The number of carbonyl (C=O) groups excluding carboxylic acids is 1. The van der Waals surface area contributed by atoms with Crippen LogP contribution < -0.4 is 25.3 Å². The van der Waals surface area contributed by atoms with Gasteiger partial charge < -0.3 is 30.2 Å². The number of aliphatic hydroxyl groups excluding tert-OH is 1. The summed E-state index contributed by atoms with van der Waals surface area (Å²) < 4.78 is 17.2. The molecule has 4 atom stereocenters. The number of fused-ring (bicyclic) bond motifs is 2. The molecule has 0 bridgehead atoms. The van der Waals surface area contributed by atoms with Gasteiger partial charge in [-0.25, -0.2) is 4.99 Å². The number of hydrogen-bond acceptors (Lipinski definition) is 9. The first-order valence-corrected chi connectivity index (χ1v) is 13.5. The van der Waals surface area contributed by atoms with Crippen molar-refractivity contribution in [3.63, 3.8) is 0 Å². The number of benzene rings is 2. The number of carbonyl (C=O) groups is 1. The van der Waals surface area contributed by atoms with E-state index in [9.17, 15) is 15.0 Å². The highest BCUT2D eigenvalue weighted by Crippen LogP contribution is 2.45. The Morgan fingerprint density at radius 3 is 2.69 bits per heavy atom. The molecular weight excluding hydrogens is 500 g/mol. The molecule has 0 saturated heterocycles. The van der Waals surface area contributed by atoms with Gasteiger partial charge in [0.2, 0.25) is 5.91 Å². The SMILES string of the molecule is CCC1(CC)CC(=O)N([C@@H]2CCOc3ccc(C(O)NC4c5c(OC)cccc5OCC4(C)O)cc32)C(N)=N1. The summed E-state index contributed by atoms with van der Waals surface area (Å²) in [5.74, 6) is 1.92. The molecule has 2 aromatic carbocycles. The van der Waals surface area contributed by atoms with E-state index in [0.717, 1.165) is 18.4 Å². The Bertz CT molecular complexity index is 1260. The fraction of sp³-hybridized carbons (Fsp3) is 0.517. The van der Waals surface area contributed by atoms with E-state index in [1.54, 1.807) is 37.1 Å². The van der Waals surface area contributed by atoms with Gasteiger partial charge in [0.05, 0.1) is 43.3 Å². The van der Waals surface area contributed by atoms with Crippen LogP contribution in [0.4, 0.5) is 0 Å². The number of hydrogen-bond donors (Lipinski definition) is 4. The summed E-state index contributed by atoms with van der Waals surface area (Å²) in [6.07, 6.45) is 1.17. The third-order valence-corrected chi connectivity index (χ3v) is 8.33. The van der Waals surface area contributed by atoms with Crippen molar-refractivity contribution in [3.05, 3.63) is 53.1 Å². The Hall–Kier alpha value is -3.34. The first kappa shape index (κ1) is 27.2. The standard InChI is InChI=1S/C29H38N4O6/c1-5-29(6-2)15-23(34)33(27(30)32-29)19-12-13-38-20-11-10-17(14-18(19)20)26(35)31-25-24-21(37-4)8-7-9-22(24)39-16-28(25,3)36/h7-11,14,19,25-26,31,35-36H,5-6,12-13,15-16H2,1-4H3,(H2,30,32)/t19-,25?,26?,28?/m1/s1. The molecule has 1 amide bonds. The summed E-state index contributed by atoms with van der Waals surface area (Å²) in [7, 11) is 1.55. The van der Waals surface area contributed by atoms with Crippen LogP contribution in [0.1, 0.15) is 81.5 Å². The maximum Gasteiger partial charge on any atom is 0.232 e. The van der Waals surface area contributed by atoms with E-state index in [1.807, 2.05) is 32.0 Å². The summed E-state index contributed by atoms with van der Waals surface area (Å²) >= 11 is 0. The zero-order chi connectivity index (χ0) is 27.9. The molecular formula is C29H38N4O6. The normalized spacial score (nSPS) is 26.5. The minimum absolute atomic E-state index is 0.0460. The molecule has 3 heterocycles. The summed E-state index contributed by atoms with van der Waals surface area (Å²) in [6.45, 7) is 6.18. The van der Waals surface area contributed by atoms with Gasteiger partial charge in [0.1, 0.15) is 35.7 Å². The van der Waals surface area contributed by atoms with E-state index in [4.69, 9.17) is 24.9 Å². The van der Waals surface area contributed by atoms with Gasteiger partial charge >= 0.3 is 0 Å². The largest absolute Gasteiger partial charge is 0.496 e. The average molecular weight is 539 g/mol. The van der Waals surface area contributed by atoms with E-state index in [0.29, 0.717) is 47.8 Å². The van der Waals surface area contributed by atoms with Gasteiger partial charge in [-0.05, 0) is 49.6 Å². The van der Waals surface area contributed by atoms with Gasteiger partial charge in [0.15, 0.2) is 5.96 Å². The molecule has 10 heteroatoms. The van der Waals surface area contributed by atoms with Crippen LogP contribution >= 0.6 is 0 Å². The number of aliphatic hydroxyl groups is 2. The molecule has 0 spiro atoms. The second-order valence-corrected chi connectivity index (χ2v) is 10.8. The monoisotopic (exact) mass is 538 g/mol. The maximum absolute atomic E-state index is 13.4. The fourth-order valence-electron chi connectivity index (χ4n) is 5.90. The van der Waals surface area contributed by atoms with Gasteiger partial charge in [-0.15, -0.1) is 0 Å². The summed E-state index contributed by atoms with van der Waals surface area (Å²) in [4.78, 5) is 19.7. The maximum atomic E-state index is 13.4. The van der Waals surface area contributed by atoms with Crippen molar-refractivity contribution in [2.45, 2.75) is 75.9 Å². The lowest BCUT2D eigenvalue weighted by molar-refractivity contribution is -0.132. The first-order valence-electron chi connectivity index (χ1n) is 13.5. The highest BCUT2D eigenvalue weighted by molar-refractivity contribution is 5.99. The zero-order valence-electron chi connectivity index (χ0n) is 22.9. The molecule has 0 radical (unpaired) electrons. The number of nitrogens with zero attached hydrogens (tertiary/aromatic N) is 2. The Balaban J connectivity index is 1.46. The Labute approximate surface area is 228 Å². The van der Waals surface area contributed by atoms with Gasteiger partial charge in [-0.3, -0.25) is 15.0 Å². The van der Waals surface area contributed by atoms with Gasteiger partial charge in [-0.2, -0.15) is 0 Å². The predicted octanol–water partition coefficient (Wildman–Crippen LogP) is 3.09. The zero-order valence-corrected chi connectivity index (χ0v) is 22.9. The topological polar surface area (TPSA) is 139 Å². The lowest BCUT2D eigenvalue weighted by Crippen LogP contribution is -2.53. The van der Waals surface area contributed by atoms with Crippen LogP contribution in [-0.2, 0) is 4.79 Å². The van der Waals surface area contributed by atoms with Crippen molar-refractivity contribution in [2.24, 2.45) is 10.7 Å². The lowest BCUT2D eigenvalue weighted by Gasteiger charge is -2.42. The Kier molecular flexibility index (Phi) is 7.21. The molecule has 3 unspecified atom stereocenters. The number of guanidine groups is 1. The lowest BCUT2D eigenvalue weighted by atomic mass is 9.86. The van der Waals surface area contributed by atoms with Crippen molar-refractivity contribution in [3.8, 4) is 17.2 Å². The molecule has 0 aliphatic carbocycles. The fourth-order valence-corrected chi connectivity index (χ4v) is 5.90. The van der Waals surface area contributed by atoms with E-state index in [1.165, 1.54) is 0 Å². The van der Waals surface area contributed by atoms with Crippen LogP contribution in [0.5, 0.6) is 17.2 Å². The number of nitrogens with one attached hydrogen (secondary N) is 1. The molecule has 210 valence electrons. The molecule has 39 heavy (non-hydrogen) atoms. The second-order valence-electron chi connectivity index (χ2n) is 10.8. The molecule has 0 saturated carbocycles. The third kappa shape index (κ3) is 4.81. The highest BCUT2D eigenvalue weighted by atomic mass is 16.5. The van der Waals surface area contributed by atoms with Crippen LogP contribution in [0.15, 0.2) is 41.4 Å². The molecule has 5 N–H and O–H groups in total. The smallest absolute Gasteiger partial charge is 0.232 e. The first-order chi connectivity index (χ1) is 18.6. The molecule has 2 aromatic rings. The number of amides is 1. The number of nitrogens with two attached hydrogens (primary N) is 1. The second kappa shape index (κ2) is 10.3. The highest BCUT2D eigenvalue weighted by Gasteiger charge is 2.44. The van der Waals surface area contributed by atoms with Crippen LogP contribution in [0.2, 0.25) is 0 Å². The molecule has 0 aromatic heterocycles. The van der Waals surface area contributed by atoms with E-state index in [-0.39, 0.29) is 24.5 Å². The number of aliphatic imine (C=N–C) groups is 1. The number of rotatable bonds is 7. The van der Waals surface area contributed by atoms with Gasteiger partial charge in [0.25, 0.3) is 0 Å². The molecule has 5 rings (SSSR count). The molecule has 0 fully saturated rings. The van der Waals surface area contributed by atoms with Crippen molar-refractivity contribution in [1.82, 2.24) is 10.2 Å². The van der Waals surface area contributed by atoms with Crippen LogP contribution in [0.3, 0.4) is 0 Å². The Morgan fingerprint density at radius 2 is 2.00 bits per heavy atom. The van der Waals surface area contributed by atoms with E-state index in [2.05, 4.69) is 5.32 Å². The summed E-state index contributed by atoms with van der Waals surface area (Å²) in [5, 5.41) is 25.7. The van der Waals surface area contributed by atoms with Crippen molar-refractivity contribution in [2.75, 3.05) is 20.3 Å². The van der Waals surface area contributed by atoms with E-state index >= 15 is 0 Å². The van der Waals surface area contributed by atoms with Crippen molar-refractivity contribution in [1.29, 1.82) is 0 Å². The van der Waals surface area contributed by atoms with Crippen LogP contribution in [-0.4, -0.2) is 58.4 Å². The third-order valence-electron chi connectivity index (χ3n) is 8.33. The van der Waals surface area contributed by atoms with Gasteiger partial charge in [0, 0.05) is 12.0 Å². The summed E-state index contributed by atoms with van der Waals surface area (Å²) in [6, 6.07) is 9.76. The van der Waals surface area contributed by atoms with Crippen LogP contribution in [0.25, 0.3) is 0 Å². The summed E-state index contributed by atoms with van der Waals surface area (Å²) in [5.41, 5.74) is 6.56. The van der Waals surface area contributed by atoms with Crippen molar-refractivity contribution >= 4 is 11.9 Å². The van der Waals surface area contributed by atoms with Crippen LogP contribution in [0, 0.1) is 0 Å². The average Bonchev–Trinajstić information content (AvgIpc) is 2.93. The number of methoxy groups -OCH3 is 1. The minimum atomic E-state index is -1.32. The molecule has 10 nitrogen and oxygen atoms in total. The predicted molar refractivity (Wildman–Crippen MR) is 146 cm³/mol. The minimum Gasteiger partial charge on any atom is -0.496 e. The number of ether oxygens (including phenoxy) is 3. The Morgan fingerprint density at radius 1 is 1.23 bits per heavy atom.